The lowest BCUT2D eigenvalue weighted by atomic mass is 10.0. The first-order valence-corrected chi connectivity index (χ1v) is 5.19. The van der Waals surface area contributed by atoms with E-state index in [0.717, 1.165) is 11.3 Å². The topological polar surface area (TPSA) is 23.8 Å². The summed E-state index contributed by atoms with van der Waals surface area (Å²) in [6.45, 7) is 4.41. The molecule has 1 aromatic rings. The zero-order valence-corrected chi connectivity index (χ0v) is 8.77. The molecule has 0 radical (unpaired) electrons. The Morgan fingerprint density at radius 2 is 1.92 bits per heavy atom. The highest BCUT2D eigenvalue weighted by Gasteiger charge is 1.97. The average Bonchev–Trinajstić information content (AvgIpc) is 2.08. The Bertz CT molecular complexity index is 295. The van der Waals surface area contributed by atoms with Gasteiger partial charge in [-0.25, -0.2) is 0 Å². The maximum Gasteiger partial charge on any atom is 0.138 e. The average molecular weight is 191 g/mol. The first-order chi connectivity index (χ1) is 6.22. The van der Waals surface area contributed by atoms with Crippen LogP contribution >= 0.6 is 11.8 Å². The fourth-order valence-corrected chi connectivity index (χ4v) is 1.60. The van der Waals surface area contributed by atoms with Gasteiger partial charge in [-0.1, -0.05) is 26.0 Å². The van der Waals surface area contributed by atoms with Gasteiger partial charge in [0.15, 0.2) is 0 Å². The molecule has 0 aromatic heterocycles. The number of rotatable bonds is 3. The third-order valence-corrected chi connectivity index (χ3v) is 2.33. The highest BCUT2D eigenvalue weighted by molar-refractivity contribution is 8.03. The monoisotopic (exact) mass is 191 g/mol. The van der Waals surface area contributed by atoms with Gasteiger partial charge in [0.1, 0.15) is 5.40 Å². The Morgan fingerprint density at radius 3 is 2.38 bits per heavy atom. The molecular weight excluding hydrogens is 178 g/mol. The van der Waals surface area contributed by atoms with Gasteiger partial charge < -0.3 is 0 Å². The van der Waals surface area contributed by atoms with E-state index in [1.165, 1.54) is 17.3 Å². The first-order valence-electron chi connectivity index (χ1n) is 4.37. The summed E-state index contributed by atoms with van der Waals surface area (Å²) in [7, 11) is 0. The molecule has 0 aliphatic heterocycles. The summed E-state index contributed by atoms with van der Waals surface area (Å²) in [5, 5.41) is 10.5. The van der Waals surface area contributed by atoms with Crippen molar-refractivity contribution in [3.05, 3.63) is 29.8 Å². The van der Waals surface area contributed by atoms with E-state index in [1.54, 1.807) is 0 Å². The van der Waals surface area contributed by atoms with Gasteiger partial charge in [0.25, 0.3) is 0 Å². The summed E-state index contributed by atoms with van der Waals surface area (Å²) in [6, 6.07) is 8.20. The lowest BCUT2D eigenvalue weighted by Gasteiger charge is -2.04. The standard InChI is InChI=1S/C11H13NS/c1-9(2)7-10-3-5-11(6-4-10)13-8-12/h3-6,9H,7H2,1-2H3. The van der Waals surface area contributed by atoms with Gasteiger partial charge in [0.2, 0.25) is 0 Å². The molecule has 0 unspecified atom stereocenters. The summed E-state index contributed by atoms with van der Waals surface area (Å²) in [4.78, 5) is 1.02. The summed E-state index contributed by atoms with van der Waals surface area (Å²) in [6.07, 6.45) is 1.11. The highest BCUT2D eigenvalue weighted by atomic mass is 32.2. The van der Waals surface area contributed by atoms with Crippen LogP contribution in [0, 0.1) is 16.6 Å². The molecule has 0 atom stereocenters. The van der Waals surface area contributed by atoms with Crippen molar-refractivity contribution in [1.29, 1.82) is 5.26 Å². The van der Waals surface area contributed by atoms with Crippen molar-refractivity contribution >= 4 is 11.8 Å². The number of benzene rings is 1. The van der Waals surface area contributed by atoms with Crippen LogP contribution in [-0.2, 0) is 6.42 Å². The van der Waals surface area contributed by atoms with E-state index in [2.05, 4.69) is 31.4 Å². The Balaban J connectivity index is 2.65. The molecule has 2 heteroatoms. The van der Waals surface area contributed by atoms with Gasteiger partial charge in [0.05, 0.1) is 0 Å². The van der Waals surface area contributed by atoms with E-state index in [4.69, 9.17) is 5.26 Å². The third-order valence-electron chi connectivity index (χ3n) is 1.73. The van der Waals surface area contributed by atoms with Crippen LogP contribution in [0.4, 0.5) is 0 Å². The molecule has 0 saturated carbocycles. The lowest BCUT2D eigenvalue weighted by molar-refractivity contribution is 0.647. The maximum atomic E-state index is 8.45. The van der Waals surface area contributed by atoms with Gasteiger partial charge in [-0.3, -0.25) is 0 Å². The van der Waals surface area contributed by atoms with Crippen LogP contribution in [0.2, 0.25) is 0 Å². The normalized spacial score (nSPS) is 10.0. The molecule has 0 aliphatic carbocycles. The molecular formula is C11H13NS. The lowest BCUT2D eigenvalue weighted by Crippen LogP contribution is -1.92. The van der Waals surface area contributed by atoms with Crippen molar-refractivity contribution in [3.8, 4) is 5.40 Å². The van der Waals surface area contributed by atoms with Crippen molar-refractivity contribution in [3.63, 3.8) is 0 Å². The molecule has 0 bridgehead atoms. The second kappa shape index (κ2) is 4.94. The SMILES string of the molecule is CC(C)Cc1ccc(SC#N)cc1. The third kappa shape index (κ3) is 3.52. The quantitative estimate of drug-likeness (QED) is 0.539. The molecule has 0 saturated heterocycles. The van der Waals surface area contributed by atoms with Gasteiger partial charge in [-0.2, -0.15) is 5.26 Å². The minimum Gasteiger partial charge on any atom is -0.185 e. The molecule has 0 fully saturated rings. The van der Waals surface area contributed by atoms with Crippen LogP contribution < -0.4 is 0 Å². The number of hydrogen-bond donors (Lipinski definition) is 0. The van der Waals surface area contributed by atoms with Gasteiger partial charge in [-0.15, -0.1) is 0 Å². The molecule has 1 aromatic carbocycles. The number of thiocyanates is 1. The number of thioether (sulfide) groups is 1. The fourth-order valence-electron chi connectivity index (χ4n) is 1.22. The molecule has 68 valence electrons. The van der Waals surface area contributed by atoms with Crippen molar-refractivity contribution in [1.82, 2.24) is 0 Å². The van der Waals surface area contributed by atoms with Crippen molar-refractivity contribution in [2.45, 2.75) is 25.2 Å². The molecule has 13 heavy (non-hydrogen) atoms. The van der Waals surface area contributed by atoms with Crippen LogP contribution in [0.3, 0.4) is 0 Å². The molecule has 0 heterocycles. The van der Waals surface area contributed by atoms with E-state index in [0.29, 0.717) is 5.92 Å². The zero-order chi connectivity index (χ0) is 9.68. The minimum absolute atomic E-state index is 0.689. The number of nitriles is 1. The molecule has 1 nitrogen and oxygen atoms in total. The number of nitrogens with zero attached hydrogens (tertiary/aromatic N) is 1. The molecule has 0 amide bonds. The van der Waals surface area contributed by atoms with Gasteiger partial charge in [-0.05, 0) is 41.8 Å². The predicted molar refractivity (Wildman–Crippen MR) is 56.5 cm³/mol. The van der Waals surface area contributed by atoms with Crippen molar-refractivity contribution in [2.24, 2.45) is 5.92 Å². The van der Waals surface area contributed by atoms with Gasteiger partial charge in [0, 0.05) is 4.90 Å². The molecule has 1 rings (SSSR count). The Morgan fingerprint density at radius 1 is 1.31 bits per heavy atom. The van der Waals surface area contributed by atoms with E-state index in [-0.39, 0.29) is 0 Å². The summed E-state index contributed by atoms with van der Waals surface area (Å²) in [5.41, 5.74) is 1.34. The molecule has 0 aliphatic rings. The maximum absolute atomic E-state index is 8.45. The minimum atomic E-state index is 0.689. The van der Waals surface area contributed by atoms with Crippen LogP contribution in [-0.4, -0.2) is 0 Å². The second-order valence-corrected chi connectivity index (χ2v) is 4.29. The van der Waals surface area contributed by atoms with Crippen molar-refractivity contribution in [2.75, 3.05) is 0 Å². The predicted octanol–water partition coefficient (Wildman–Crippen LogP) is 3.46. The largest absolute Gasteiger partial charge is 0.185 e. The first kappa shape index (κ1) is 10.1. The van der Waals surface area contributed by atoms with Crippen LogP contribution in [0.1, 0.15) is 19.4 Å². The summed E-state index contributed by atoms with van der Waals surface area (Å²) >= 11 is 1.21. The van der Waals surface area contributed by atoms with Crippen molar-refractivity contribution < 1.29 is 0 Å². The highest BCUT2D eigenvalue weighted by Crippen LogP contribution is 2.17. The van der Waals surface area contributed by atoms with E-state index >= 15 is 0 Å². The fraction of sp³-hybridized carbons (Fsp3) is 0.364. The Kier molecular flexibility index (Phi) is 3.85. The smallest absolute Gasteiger partial charge is 0.138 e. The molecule has 0 N–H and O–H groups in total. The second-order valence-electron chi connectivity index (χ2n) is 3.44. The van der Waals surface area contributed by atoms with Crippen LogP contribution in [0.5, 0.6) is 0 Å². The zero-order valence-electron chi connectivity index (χ0n) is 7.95. The molecule has 0 spiro atoms. The summed E-state index contributed by atoms with van der Waals surface area (Å²) in [5.74, 6) is 0.689. The van der Waals surface area contributed by atoms with E-state index in [1.807, 2.05) is 12.1 Å². The Hall–Kier alpha value is -0.940. The Labute approximate surface area is 83.8 Å². The number of hydrogen-bond acceptors (Lipinski definition) is 2. The summed E-state index contributed by atoms with van der Waals surface area (Å²) < 4.78 is 0. The van der Waals surface area contributed by atoms with Crippen LogP contribution in [0.15, 0.2) is 29.2 Å². The van der Waals surface area contributed by atoms with Gasteiger partial charge >= 0.3 is 0 Å². The van der Waals surface area contributed by atoms with E-state index < -0.39 is 0 Å². The van der Waals surface area contributed by atoms with Crippen LogP contribution in [0.25, 0.3) is 0 Å². The van der Waals surface area contributed by atoms with E-state index in [9.17, 15) is 0 Å².